The van der Waals surface area contributed by atoms with Gasteiger partial charge in [0, 0.05) is 0 Å². The van der Waals surface area contributed by atoms with E-state index in [1.54, 1.807) is 0 Å². The van der Waals surface area contributed by atoms with Crippen molar-refractivity contribution in [2.24, 2.45) is 0 Å². The third-order valence-corrected chi connectivity index (χ3v) is 1.84. The number of hydrogen-bond acceptors (Lipinski definition) is 6. The van der Waals surface area contributed by atoms with Crippen molar-refractivity contribution in [3.63, 3.8) is 0 Å². The average molecular weight is 210 g/mol. The van der Waals surface area contributed by atoms with Crippen molar-refractivity contribution in [1.29, 1.82) is 0 Å². The zero-order chi connectivity index (χ0) is 8.55. The van der Waals surface area contributed by atoms with Crippen molar-refractivity contribution >= 4 is 18.0 Å². The molecule has 1 unspecified atom stereocenters. The van der Waals surface area contributed by atoms with E-state index in [4.69, 9.17) is 12.2 Å². The summed E-state index contributed by atoms with van der Waals surface area (Å²) in [5.41, 5.74) is 5.43. The number of tetrazole rings is 1. The van der Waals surface area contributed by atoms with Crippen LogP contribution in [0.4, 0.5) is 0 Å². The van der Waals surface area contributed by atoms with E-state index in [9.17, 15) is 4.79 Å². The molecular formula is C4H7N6NaOS. The number of aromatic nitrogens is 4. The minimum absolute atomic E-state index is 0. The van der Waals surface area contributed by atoms with E-state index < -0.39 is 6.17 Å². The largest absolute Gasteiger partial charge is 1.00 e. The molecule has 0 amide bonds. The zero-order valence-electron chi connectivity index (χ0n) is 7.94. The van der Waals surface area contributed by atoms with Crippen LogP contribution in [0.25, 0.3) is 0 Å². The first-order valence-electron chi connectivity index (χ1n) is 3.30. The van der Waals surface area contributed by atoms with E-state index in [0.717, 1.165) is 0 Å². The SMILES string of the molecule is O=C1CNNC1n1[nH]nnc1=S.[H-].[Na+]. The molecule has 0 aliphatic carbocycles. The molecule has 1 atom stereocenters. The molecule has 0 radical (unpaired) electrons. The molecule has 3 N–H and O–H groups in total. The van der Waals surface area contributed by atoms with Gasteiger partial charge in [-0.05, 0) is 12.2 Å². The average Bonchev–Trinajstić information content (AvgIpc) is 2.59. The number of nitrogens with zero attached hydrogens (tertiary/aromatic N) is 3. The summed E-state index contributed by atoms with van der Waals surface area (Å²) in [6, 6.07) is 0. The normalized spacial score (nSPS) is 21.5. The fourth-order valence-electron chi connectivity index (χ4n) is 0.993. The maximum atomic E-state index is 11.2. The van der Waals surface area contributed by atoms with E-state index in [1.165, 1.54) is 4.68 Å². The number of Topliss-reactive ketones (excluding diaryl/α,β-unsaturated/α-hetero) is 1. The smallest absolute Gasteiger partial charge is 1.00 e. The van der Waals surface area contributed by atoms with Gasteiger partial charge in [0.1, 0.15) is 0 Å². The molecule has 66 valence electrons. The Morgan fingerprint density at radius 3 is 2.92 bits per heavy atom. The van der Waals surface area contributed by atoms with Gasteiger partial charge in [-0.3, -0.25) is 4.79 Å². The number of hydrogen-bond donors (Lipinski definition) is 3. The number of nitrogens with one attached hydrogen (secondary N) is 3. The predicted molar refractivity (Wildman–Crippen MR) is 41.5 cm³/mol. The number of hydrazine groups is 1. The maximum Gasteiger partial charge on any atom is 1.00 e. The van der Waals surface area contributed by atoms with Crippen LogP contribution in [0.3, 0.4) is 0 Å². The Hall–Kier alpha value is -0.120. The monoisotopic (exact) mass is 210 g/mol. The number of H-pyrrole nitrogens is 1. The molecular weight excluding hydrogens is 203 g/mol. The second-order valence-corrected chi connectivity index (χ2v) is 2.68. The van der Waals surface area contributed by atoms with E-state index in [1.807, 2.05) is 0 Å². The fourth-order valence-corrected chi connectivity index (χ4v) is 1.18. The van der Waals surface area contributed by atoms with Crippen LogP contribution >= 0.6 is 12.2 Å². The van der Waals surface area contributed by atoms with Gasteiger partial charge in [0.15, 0.2) is 11.9 Å². The molecule has 13 heavy (non-hydrogen) atoms. The fraction of sp³-hybridized carbons (Fsp3) is 0.500. The summed E-state index contributed by atoms with van der Waals surface area (Å²) in [6.45, 7) is 0.283. The van der Waals surface area contributed by atoms with Crippen LogP contribution in [0.1, 0.15) is 7.59 Å². The van der Waals surface area contributed by atoms with Crippen LogP contribution in [0.5, 0.6) is 0 Å². The third kappa shape index (κ3) is 2.03. The Morgan fingerprint density at radius 2 is 2.46 bits per heavy atom. The molecule has 0 saturated carbocycles. The van der Waals surface area contributed by atoms with Gasteiger partial charge in [-0.1, -0.05) is 10.3 Å². The molecule has 1 fully saturated rings. The van der Waals surface area contributed by atoms with Crippen molar-refractivity contribution < 1.29 is 35.8 Å². The van der Waals surface area contributed by atoms with Gasteiger partial charge in [0.2, 0.25) is 4.77 Å². The molecule has 1 aliphatic heterocycles. The second kappa shape index (κ2) is 4.40. The van der Waals surface area contributed by atoms with Gasteiger partial charge in [-0.2, -0.15) is 5.21 Å². The van der Waals surface area contributed by atoms with Crippen LogP contribution in [0.2, 0.25) is 0 Å². The van der Waals surface area contributed by atoms with Crippen LogP contribution in [0.15, 0.2) is 0 Å². The van der Waals surface area contributed by atoms with Crippen LogP contribution in [-0.4, -0.2) is 32.5 Å². The van der Waals surface area contributed by atoms with Gasteiger partial charge in [0.05, 0.1) is 6.54 Å². The summed E-state index contributed by atoms with van der Waals surface area (Å²) in [7, 11) is 0. The summed E-state index contributed by atoms with van der Waals surface area (Å²) in [5.74, 6) is -0.00264. The molecule has 1 aromatic heterocycles. The number of ketones is 1. The molecule has 0 aromatic carbocycles. The molecule has 0 bridgehead atoms. The Morgan fingerprint density at radius 1 is 1.69 bits per heavy atom. The Balaban J connectivity index is 0.000000845. The quantitative estimate of drug-likeness (QED) is 0.320. The van der Waals surface area contributed by atoms with Gasteiger partial charge in [0.25, 0.3) is 0 Å². The summed E-state index contributed by atoms with van der Waals surface area (Å²) in [5, 5.41) is 9.52. The summed E-state index contributed by atoms with van der Waals surface area (Å²) < 4.78 is 1.64. The van der Waals surface area contributed by atoms with Crippen molar-refractivity contribution in [3.05, 3.63) is 4.77 Å². The van der Waals surface area contributed by atoms with E-state index in [0.29, 0.717) is 0 Å². The van der Waals surface area contributed by atoms with Gasteiger partial charge in [-0.15, -0.1) is 0 Å². The van der Waals surface area contributed by atoms with E-state index in [-0.39, 0.29) is 48.1 Å². The number of rotatable bonds is 1. The first-order valence-corrected chi connectivity index (χ1v) is 3.70. The Labute approximate surface area is 102 Å². The molecule has 1 aromatic rings. The van der Waals surface area contributed by atoms with Crippen LogP contribution in [0, 0.1) is 4.77 Å². The Bertz CT molecular complexity index is 365. The molecule has 7 nitrogen and oxygen atoms in total. The third-order valence-electron chi connectivity index (χ3n) is 1.56. The second-order valence-electron chi connectivity index (χ2n) is 2.32. The molecule has 0 spiro atoms. The van der Waals surface area contributed by atoms with Crippen molar-refractivity contribution in [3.8, 4) is 0 Å². The van der Waals surface area contributed by atoms with Crippen molar-refractivity contribution in [2.75, 3.05) is 6.54 Å². The standard InChI is InChI=1S/C4H6N6OS.Na.H/c11-2-1-5-6-3(2)10-4(12)7-8-9-10;;/h3,5-6H,1H2,(H,7,9,12);;/q;+1;-1. The van der Waals surface area contributed by atoms with Crippen LogP contribution in [-0.2, 0) is 4.79 Å². The van der Waals surface area contributed by atoms with Gasteiger partial charge < -0.3 is 1.43 Å². The maximum absolute atomic E-state index is 11.2. The topological polar surface area (TPSA) is 87.6 Å². The van der Waals surface area contributed by atoms with Crippen molar-refractivity contribution in [1.82, 2.24) is 31.1 Å². The summed E-state index contributed by atoms with van der Waals surface area (Å²) in [4.78, 5) is 11.2. The summed E-state index contributed by atoms with van der Waals surface area (Å²) in [6.07, 6.45) is -0.507. The number of carbonyl (C=O) groups is 1. The first-order chi connectivity index (χ1) is 5.79. The van der Waals surface area contributed by atoms with Crippen LogP contribution < -0.4 is 40.4 Å². The predicted octanol–water partition coefficient (Wildman–Crippen LogP) is -4.37. The molecule has 1 aliphatic rings. The van der Waals surface area contributed by atoms with Gasteiger partial charge in [-0.25, -0.2) is 15.5 Å². The number of aromatic amines is 1. The zero-order valence-corrected chi connectivity index (χ0v) is 9.76. The minimum Gasteiger partial charge on any atom is -1.00 e. The van der Waals surface area contributed by atoms with E-state index in [2.05, 4.69) is 26.4 Å². The van der Waals surface area contributed by atoms with Gasteiger partial charge >= 0.3 is 29.6 Å². The molecule has 1 saturated heterocycles. The summed E-state index contributed by atoms with van der Waals surface area (Å²) >= 11 is 4.81. The minimum atomic E-state index is -0.507. The van der Waals surface area contributed by atoms with Crippen molar-refractivity contribution in [2.45, 2.75) is 6.17 Å². The Kier molecular flexibility index (Phi) is 3.71. The number of carbonyl (C=O) groups excluding carboxylic acids is 1. The molecule has 2 heterocycles. The molecule has 2 rings (SSSR count). The van der Waals surface area contributed by atoms with E-state index >= 15 is 0 Å². The molecule has 9 heteroatoms. The first kappa shape index (κ1) is 11.0.